The van der Waals surface area contributed by atoms with E-state index >= 15 is 0 Å². The molecule has 2 rings (SSSR count). The average Bonchev–Trinajstić information content (AvgIpc) is 2.73. The number of aryl methyl sites for hydroxylation is 1. The van der Waals surface area contributed by atoms with Crippen molar-refractivity contribution in [1.82, 2.24) is 4.57 Å². The second-order valence-corrected chi connectivity index (χ2v) is 5.77. The smallest absolute Gasteiger partial charge is 0.338 e. The Morgan fingerprint density at radius 3 is 2.33 bits per heavy atom. The van der Waals surface area contributed by atoms with Gasteiger partial charge in [-0.2, -0.15) is 0 Å². The van der Waals surface area contributed by atoms with Crippen LogP contribution in [0.25, 0.3) is 0 Å². The summed E-state index contributed by atoms with van der Waals surface area (Å²) in [6.07, 6.45) is 0. The molecule has 0 N–H and O–H groups in total. The van der Waals surface area contributed by atoms with Crippen LogP contribution in [0.1, 0.15) is 32.1 Å². The van der Waals surface area contributed by atoms with Crippen molar-refractivity contribution in [3.63, 3.8) is 0 Å². The first-order valence-electron chi connectivity index (χ1n) is 6.49. The third kappa shape index (κ3) is 3.42. The molecule has 4 nitrogen and oxygen atoms in total. The molecule has 0 amide bonds. The van der Waals surface area contributed by atoms with Gasteiger partial charge < -0.3 is 9.30 Å². The van der Waals surface area contributed by atoms with Gasteiger partial charge in [0.25, 0.3) is 0 Å². The number of rotatable bonds is 4. The second kappa shape index (κ2) is 6.26. The Morgan fingerprint density at radius 2 is 1.81 bits per heavy atom. The lowest BCUT2D eigenvalue weighted by molar-refractivity contribution is 0.0474. The van der Waals surface area contributed by atoms with Crippen molar-refractivity contribution < 1.29 is 14.3 Å². The number of carbonyl (C=O) groups excluding carboxylic acids is 2. The minimum Gasteiger partial charge on any atom is -0.454 e. The molecule has 1 aromatic carbocycles. The van der Waals surface area contributed by atoms with Crippen molar-refractivity contribution in [2.45, 2.75) is 13.8 Å². The van der Waals surface area contributed by atoms with Gasteiger partial charge in [-0.05, 0) is 44.2 Å². The van der Waals surface area contributed by atoms with Crippen LogP contribution in [0.4, 0.5) is 0 Å². The summed E-state index contributed by atoms with van der Waals surface area (Å²) < 4.78 is 7.89. The average molecular weight is 350 g/mol. The zero-order valence-corrected chi connectivity index (χ0v) is 13.7. The minimum absolute atomic E-state index is 0.193. The van der Waals surface area contributed by atoms with Crippen LogP contribution in [-0.2, 0) is 11.8 Å². The zero-order chi connectivity index (χ0) is 15.6. The van der Waals surface area contributed by atoms with Crippen molar-refractivity contribution in [2.75, 3.05) is 6.61 Å². The summed E-state index contributed by atoms with van der Waals surface area (Å²) in [4.78, 5) is 24.0. The molecule has 0 saturated heterocycles. The molecule has 110 valence electrons. The van der Waals surface area contributed by atoms with Crippen molar-refractivity contribution in [3.05, 3.63) is 57.3 Å². The van der Waals surface area contributed by atoms with E-state index in [0.29, 0.717) is 11.1 Å². The van der Waals surface area contributed by atoms with Crippen LogP contribution >= 0.6 is 15.9 Å². The van der Waals surface area contributed by atoms with Crippen LogP contribution in [0.15, 0.2) is 34.8 Å². The SMILES string of the molecule is Cc1cc(C(=O)COC(=O)c2ccc(Br)cc2)c(C)n1C. The van der Waals surface area contributed by atoms with Crippen molar-refractivity contribution >= 4 is 27.7 Å². The van der Waals surface area contributed by atoms with Gasteiger partial charge in [-0.25, -0.2) is 4.79 Å². The lowest BCUT2D eigenvalue weighted by Gasteiger charge is -2.05. The van der Waals surface area contributed by atoms with Gasteiger partial charge in [0.05, 0.1) is 5.56 Å². The maximum atomic E-state index is 12.1. The normalized spacial score (nSPS) is 10.5. The topological polar surface area (TPSA) is 48.3 Å². The first-order chi connectivity index (χ1) is 9.90. The maximum Gasteiger partial charge on any atom is 0.338 e. The lowest BCUT2D eigenvalue weighted by atomic mass is 10.1. The van der Waals surface area contributed by atoms with Gasteiger partial charge in [0.1, 0.15) is 0 Å². The standard InChI is InChI=1S/C16H16BrNO3/c1-10-8-14(11(2)18(10)3)15(19)9-21-16(20)12-4-6-13(17)7-5-12/h4-8H,9H2,1-3H3. The van der Waals surface area contributed by atoms with Crippen LogP contribution < -0.4 is 0 Å². The number of hydrogen-bond donors (Lipinski definition) is 0. The Labute approximate surface area is 131 Å². The molecule has 0 aliphatic heterocycles. The van der Waals surface area contributed by atoms with E-state index in [1.54, 1.807) is 24.3 Å². The number of Topliss-reactive ketones (excluding diaryl/α,β-unsaturated/α-hetero) is 1. The quantitative estimate of drug-likeness (QED) is 0.627. The molecule has 0 atom stereocenters. The highest BCUT2D eigenvalue weighted by Crippen LogP contribution is 2.15. The van der Waals surface area contributed by atoms with Crippen molar-refractivity contribution in [3.8, 4) is 0 Å². The van der Waals surface area contributed by atoms with Crippen LogP contribution in [0.3, 0.4) is 0 Å². The van der Waals surface area contributed by atoms with Crippen LogP contribution in [0.5, 0.6) is 0 Å². The number of nitrogens with zero attached hydrogens (tertiary/aromatic N) is 1. The molecule has 5 heteroatoms. The maximum absolute atomic E-state index is 12.1. The van der Waals surface area contributed by atoms with Gasteiger partial charge in [0.2, 0.25) is 5.78 Å². The lowest BCUT2D eigenvalue weighted by Crippen LogP contribution is -2.14. The summed E-state index contributed by atoms with van der Waals surface area (Å²) in [6, 6.07) is 8.61. The Morgan fingerprint density at radius 1 is 1.19 bits per heavy atom. The highest BCUT2D eigenvalue weighted by molar-refractivity contribution is 9.10. The van der Waals surface area contributed by atoms with E-state index in [9.17, 15) is 9.59 Å². The van der Waals surface area contributed by atoms with Crippen LogP contribution in [0.2, 0.25) is 0 Å². The number of carbonyl (C=O) groups is 2. The largest absolute Gasteiger partial charge is 0.454 e. The second-order valence-electron chi connectivity index (χ2n) is 4.85. The molecule has 0 radical (unpaired) electrons. The van der Waals surface area contributed by atoms with E-state index in [-0.39, 0.29) is 12.4 Å². The summed E-state index contributed by atoms with van der Waals surface area (Å²) in [6.45, 7) is 3.55. The van der Waals surface area contributed by atoms with Crippen LogP contribution in [0, 0.1) is 13.8 Å². The number of aromatic nitrogens is 1. The monoisotopic (exact) mass is 349 g/mol. The Balaban J connectivity index is 2.02. The van der Waals surface area contributed by atoms with Crippen molar-refractivity contribution in [1.29, 1.82) is 0 Å². The number of hydrogen-bond acceptors (Lipinski definition) is 3. The molecular weight excluding hydrogens is 334 g/mol. The van der Waals surface area contributed by atoms with Crippen molar-refractivity contribution in [2.24, 2.45) is 7.05 Å². The van der Waals surface area contributed by atoms with E-state index in [1.165, 1.54) is 0 Å². The van der Waals surface area contributed by atoms with Gasteiger partial charge in [-0.15, -0.1) is 0 Å². The zero-order valence-electron chi connectivity index (χ0n) is 12.1. The molecule has 21 heavy (non-hydrogen) atoms. The molecule has 0 saturated carbocycles. The summed E-state index contributed by atoms with van der Waals surface area (Å²) >= 11 is 3.30. The molecule has 0 bridgehead atoms. The molecule has 0 aliphatic carbocycles. The summed E-state index contributed by atoms with van der Waals surface area (Å²) in [7, 11) is 1.90. The third-order valence-corrected chi connectivity index (χ3v) is 4.02. The number of ether oxygens (including phenoxy) is 1. The molecule has 0 aliphatic rings. The fourth-order valence-corrected chi connectivity index (χ4v) is 2.28. The molecule has 1 heterocycles. The fourth-order valence-electron chi connectivity index (χ4n) is 2.02. The van der Waals surface area contributed by atoms with E-state index in [1.807, 2.05) is 31.5 Å². The number of ketones is 1. The number of benzene rings is 1. The predicted molar refractivity (Wildman–Crippen MR) is 83.6 cm³/mol. The number of halogens is 1. The van der Waals surface area contributed by atoms with Gasteiger partial charge in [0, 0.05) is 28.5 Å². The highest BCUT2D eigenvalue weighted by Gasteiger charge is 2.16. The minimum atomic E-state index is -0.499. The van der Waals surface area contributed by atoms with E-state index in [2.05, 4.69) is 15.9 Å². The summed E-state index contributed by atoms with van der Waals surface area (Å²) in [5, 5.41) is 0. The molecule has 0 spiro atoms. The molecule has 2 aromatic rings. The fraction of sp³-hybridized carbons (Fsp3) is 0.250. The van der Waals surface area contributed by atoms with Gasteiger partial charge >= 0.3 is 5.97 Å². The summed E-state index contributed by atoms with van der Waals surface area (Å²) in [5.41, 5.74) is 2.89. The molecule has 0 fully saturated rings. The number of esters is 1. The molecular formula is C16H16BrNO3. The van der Waals surface area contributed by atoms with E-state index in [4.69, 9.17) is 4.74 Å². The highest BCUT2D eigenvalue weighted by atomic mass is 79.9. The van der Waals surface area contributed by atoms with Crippen LogP contribution in [-0.4, -0.2) is 22.9 Å². The van der Waals surface area contributed by atoms with Gasteiger partial charge in [-0.1, -0.05) is 15.9 Å². The third-order valence-electron chi connectivity index (χ3n) is 3.49. The Bertz CT molecular complexity index is 686. The van der Waals surface area contributed by atoms with E-state index in [0.717, 1.165) is 15.9 Å². The first-order valence-corrected chi connectivity index (χ1v) is 7.28. The Hall–Kier alpha value is -1.88. The summed E-state index contributed by atoms with van der Waals surface area (Å²) in [5.74, 6) is -0.692. The predicted octanol–water partition coefficient (Wildman–Crippen LogP) is 3.44. The van der Waals surface area contributed by atoms with E-state index < -0.39 is 5.97 Å². The van der Waals surface area contributed by atoms with Gasteiger partial charge in [0.15, 0.2) is 6.61 Å². The Kier molecular flexibility index (Phi) is 4.63. The molecule has 0 unspecified atom stereocenters. The first kappa shape index (κ1) is 15.5. The van der Waals surface area contributed by atoms with Gasteiger partial charge in [-0.3, -0.25) is 4.79 Å². The molecule has 1 aromatic heterocycles.